The van der Waals surface area contributed by atoms with Gasteiger partial charge in [-0.1, -0.05) is 17.7 Å². The minimum Gasteiger partial charge on any atom is -0.493 e. The van der Waals surface area contributed by atoms with E-state index in [1.54, 1.807) is 38.3 Å². The van der Waals surface area contributed by atoms with Crippen molar-refractivity contribution in [1.29, 1.82) is 0 Å². The van der Waals surface area contributed by atoms with Crippen LogP contribution in [0.25, 0.3) is 0 Å². The number of alkyl halides is 3. The van der Waals surface area contributed by atoms with Crippen molar-refractivity contribution in [1.82, 2.24) is 10.2 Å². The van der Waals surface area contributed by atoms with Crippen molar-refractivity contribution in [2.24, 2.45) is 0 Å². The van der Waals surface area contributed by atoms with Gasteiger partial charge in [-0.05, 0) is 81.2 Å². The Kier molecular flexibility index (Phi) is 9.60. The fraction of sp³-hybridized carbons (Fsp3) is 0.481. The van der Waals surface area contributed by atoms with E-state index in [2.05, 4.69) is 29.4 Å². The van der Waals surface area contributed by atoms with Gasteiger partial charge in [-0.2, -0.15) is 13.2 Å². The number of likely N-dealkylation sites (tertiary alicyclic amines) is 1. The standard InChI is InChI=1S/C25H32ClN3O3.C2HF3O2/c1-28-14-13-25(17-5-10-21(31-3)22(15-17)32-4)12-11-19(16-23(25)28)27-24(30)29(2)20-8-6-18(26)7-9-20;3-2(4,5)1(6)7/h5-10,15,19,23H,11-14,16H2,1-4H3,(H,27,30);(H,6,7)/t19-,23+,25+;/m1./s1. The number of nitrogens with zero attached hydrogens (tertiary/aromatic N) is 2. The van der Waals surface area contributed by atoms with E-state index in [9.17, 15) is 18.0 Å². The zero-order valence-corrected chi connectivity index (χ0v) is 23.0. The van der Waals surface area contributed by atoms with E-state index in [-0.39, 0.29) is 17.5 Å². The molecular formula is C27H33ClF3N3O5. The third kappa shape index (κ3) is 6.88. The molecular weight excluding hydrogens is 539 g/mol. The van der Waals surface area contributed by atoms with Crippen LogP contribution in [0.15, 0.2) is 42.5 Å². The number of carboxylic acid groups (broad SMARTS) is 1. The van der Waals surface area contributed by atoms with Gasteiger partial charge in [0.2, 0.25) is 0 Å². The number of ether oxygens (including phenoxy) is 2. The summed E-state index contributed by atoms with van der Waals surface area (Å²) in [6.45, 7) is 1.05. The number of benzene rings is 2. The Balaban J connectivity index is 0.000000532. The van der Waals surface area contributed by atoms with Crippen LogP contribution in [0.4, 0.5) is 23.7 Å². The van der Waals surface area contributed by atoms with E-state index < -0.39 is 12.1 Å². The molecule has 2 fully saturated rings. The summed E-state index contributed by atoms with van der Waals surface area (Å²) >= 11 is 5.98. The molecule has 4 rings (SSSR count). The molecule has 0 spiro atoms. The molecule has 8 nitrogen and oxygen atoms in total. The fourth-order valence-corrected chi connectivity index (χ4v) is 5.57. The fourth-order valence-electron chi connectivity index (χ4n) is 5.45. The lowest BCUT2D eigenvalue weighted by Gasteiger charge is -2.45. The summed E-state index contributed by atoms with van der Waals surface area (Å²) in [5.41, 5.74) is 2.19. The number of urea groups is 1. The number of nitrogens with one attached hydrogen (secondary N) is 1. The largest absolute Gasteiger partial charge is 0.493 e. The van der Waals surface area contributed by atoms with Crippen molar-refractivity contribution in [3.63, 3.8) is 0 Å². The number of fused-ring (bicyclic) bond motifs is 1. The first-order valence-electron chi connectivity index (χ1n) is 12.3. The van der Waals surface area contributed by atoms with Crippen molar-refractivity contribution in [2.75, 3.05) is 39.8 Å². The minimum absolute atomic E-state index is 0.0671. The predicted octanol–water partition coefficient (Wildman–Crippen LogP) is 5.33. The van der Waals surface area contributed by atoms with E-state index >= 15 is 0 Å². The molecule has 2 aromatic carbocycles. The third-order valence-electron chi connectivity index (χ3n) is 7.57. The molecule has 1 saturated heterocycles. The molecule has 0 bridgehead atoms. The lowest BCUT2D eigenvalue weighted by molar-refractivity contribution is -0.192. The van der Waals surface area contributed by atoms with Crippen LogP contribution >= 0.6 is 11.6 Å². The third-order valence-corrected chi connectivity index (χ3v) is 7.83. The Morgan fingerprint density at radius 1 is 1.10 bits per heavy atom. The monoisotopic (exact) mass is 571 g/mol. The number of rotatable bonds is 5. The highest BCUT2D eigenvalue weighted by atomic mass is 35.5. The molecule has 39 heavy (non-hydrogen) atoms. The molecule has 0 radical (unpaired) electrons. The maximum Gasteiger partial charge on any atom is 0.490 e. The number of carboxylic acids is 1. The van der Waals surface area contributed by atoms with Gasteiger partial charge in [0.15, 0.2) is 11.5 Å². The molecule has 12 heteroatoms. The van der Waals surface area contributed by atoms with Crippen molar-refractivity contribution in [2.45, 2.75) is 49.4 Å². The van der Waals surface area contributed by atoms with E-state index in [0.29, 0.717) is 11.1 Å². The Morgan fingerprint density at radius 2 is 1.72 bits per heavy atom. The van der Waals surface area contributed by atoms with Gasteiger partial charge >= 0.3 is 18.2 Å². The Morgan fingerprint density at radius 3 is 2.28 bits per heavy atom. The molecule has 214 valence electrons. The van der Waals surface area contributed by atoms with Crippen LogP contribution in [0.2, 0.25) is 5.02 Å². The lowest BCUT2D eigenvalue weighted by atomic mass is 9.65. The summed E-state index contributed by atoms with van der Waals surface area (Å²) in [5, 5.41) is 11.0. The summed E-state index contributed by atoms with van der Waals surface area (Å²) in [6, 6.07) is 14.0. The topological polar surface area (TPSA) is 91.3 Å². The number of carbonyl (C=O) groups is 2. The van der Waals surface area contributed by atoms with Gasteiger partial charge in [0.25, 0.3) is 0 Å². The number of halogens is 4. The number of aliphatic carboxylic acids is 1. The highest BCUT2D eigenvalue weighted by molar-refractivity contribution is 6.30. The number of methoxy groups -OCH3 is 2. The zero-order valence-electron chi connectivity index (χ0n) is 22.2. The summed E-state index contributed by atoms with van der Waals surface area (Å²) < 4.78 is 42.8. The van der Waals surface area contributed by atoms with Crippen molar-refractivity contribution < 1.29 is 37.3 Å². The number of anilines is 1. The van der Waals surface area contributed by atoms with Gasteiger partial charge in [0.1, 0.15) is 0 Å². The van der Waals surface area contributed by atoms with Gasteiger partial charge in [0.05, 0.1) is 14.2 Å². The van der Waals surface area contributed by atoms with E-state index in [4.69, 9.17) is 31.0 Å². The van der Waals surface area contributed by atoms with Gasteiger partial charge in [0, 0.05) is 35.3 Å². The highest BCUT2D eigenvalue weighted by Crippen LogP contribution is 2.49. The lowest BCUT2D eigenvalue weighted by Crippen LogP contribution is -2.53. The quantitative estimate of drug-likeness (QED) is 0.504. The first-order chi connectivity index (χ1) is 18.3. The molecule has 1 saturated carbocycles. The average molecular weight is 572 g/mol. The minimum atomic E-state index is -5.08. The molecule has 2 N–H and O–H groups in total. The van der Waals surface area contributed by atoms with E-state index in [1.807, 2.05) is 18.2 Å². The summed E-state index contributed by atoms with van der Waals surface area (Å²) in [7, 11) is 7.33. The van der Waals surface area contributed by atoms with Crippen LogP contribution in [0, 0.1) is 0 Å². The second kappa shape index (κ2) is 12.3. The Bertz CT molecular complexity index is 1160. The molecule has 1 aliphatic carbocycles. The number of carbonyl (C=O) groups excluding carboxylic acids is 1. The Labute approximate surface area is 230 Å². The smallest absolute Gasteiger partial charge is 0.490 e. The van der Waals surface area contributed by atoms with E-state index in [0.717, 1.165) is 49.4 Å². The van der Waals surface area contributed by atoms with Gasteiger partial charge < -0.3 is 24.8 Å². The molecule has 2 aliphatic rings. The molecule has 3 atom stereocenters. The second-order valence-electron chi connectivity index (χ2n) is 9.73. The SMILES string of the molecule is COc1ccc([C@@]23CC[C@@H](NC(=O)N(C)c4ccc(Cl)cc4)C[C@@H]2N(C)CC3)cc1OC.O=C(O)C(F)(F)F. The average Bonchev–Trinajstić information content (AvgIpc) is 3.24. The van der Waals surface area contributed by atoms with Crippen LogP contribution in [-0.4, -0.2) is 75.1 Å². The zero-order chi connectivity index (χ0) is 29.0. The van der Waals surface area contributed by atoms with Crippen LogP contribution in [0.3, 0.4) is 0 Å². The predicted molar refractivity (Wildman–Crippen MR) is 142 cm³/mol. The molecule has 2 amide bonds. The van der Waals surface area contributed by atoms with Crippen LogP contribution in [0.1, 0.15) is 31.2 Å². The molecule has 1 aliphatic heterocycles. The summed E-state index contributed by atoms with van der Waals surface area (Å²) in [4.78, 5) is 25.9. The van der Waals surface area contributed by atoms with Crippen molar-refractivity contribution in [3.8, 4) is 11.5 Å². The van der Waals surface area contributed by atoms with Gasteiger partial charge in [-0.15, -0.1) is 0 Å². The number of amides is 2. The summed E-state index contributed by atoms with van der Waals surface area (Å²) in [6.07, 6.45) is -1.09. The highest BCUT2D eigenvalue weighted by Gasteiger charge is 2.50. The maximum atomic E-state index is 12.9. The number of likely N-dealkylation sites (N-methyl/N-ethyl adjacent to an activating group) is 1. The maximum absolute atomic E-state index is 12.9. The van der Waals surface area contributed by atoms with Gasteiger partial charge in [-0.25, -0.2) is 9.59 Å². The van der Waals surface area contributed by atoms with E-state index in [1.165, 1.54) is 5.56 Å². The van der Waals surface area contributed by atoms with Crippen LogP contribution < -0.4 is 19.7 Å². The first-order valence-corrected chi connectivity index (χ1v) is 12.7. The second-order valence-corrected chi connectivity index (χ2v) is 10.2. The summed E-state index contributed by atoms with van der Waals surface area (Å²) in [5.74, 6) is -1.23. The molecule has 0 unspecified atom stereocenters. The molecule has 0 aromatic heterocycles. The normalized spacial score (nSPS) is 22.7. The first kappa shape index (κ1) is 30.4. The molecule has 2 aromatic rings. The van der Waals surface area contributed by atoms with Crippen molar-refractivity contribution in [3.05, 3.63) is 53.1 Å². The number of hydrogen-bond acceptors (Lipinski definition) is 5. The Hall–Kier alpha value is -3.18. The van der Waals surface area contributed by atoms with Gasteiger partial charge in [-0.3, -0.25) is 4.90 Å². The van der Waals surface area contributed by atoms with Crippen molar-refractivity contribution >= 4 is 29.3 Å². The van der Waals surface area contributed by atoms with Crippen LogP contribution in [0.5, 0.6) is 11.5 Å². The van der Waals surface area contributed by atoms with Crippen LogP contribution in [-0.2, 0) is 10.2 Å². The number of hydrogen-bond donors (Lipinski definition) is 2. The molecule has 1 heterocycles.